The smallest absolute Gasteiger partial charge is 0.239 e. The fourth-order valence-corrected chi connectivity index (χ4v) is 4.38. The summed E-state index contributed by atoms with van der Waals surface area (Å²) in [5.74, 6) is 0.455. The number of hydrogen-bond donors (Lipinski definition) is 0. The van der Waals surface area contributed by atoms with Crippen LogP contribution in [0.4, 0.5) is 0 Å². The molecule has 0 bridgehead atoms. The van der Waals surface area contributed by atoms with Crippen molar-refractivity contribution < 1.29 is 4.68 Å². The summed E-state index contributed by atoms with van der Waals surface area (Å²) in [7, 11) is 2.15. The van der Waals surface area contributed by atoms with Crippen molar-refractivity contribution in [3.8, 4) is 0 Å². The Balaban J connectivity index is 2.25. The largest absolute Gasteiger partial charge is 0.254 e. The van der Waals surface area contributed by atoms with Crippen LogP contribution in [0.5, 0.6) is 0 Å². The highest BCUT2D eigenvalue weighted by Gasteiger charge is 2.25. The predicted molar refractivity (Wildman–Crippen MR) is 108 cm³/mol. The van der Waals surface area contributed by atoms with Gasteiger partial charge in [-0.1, -0.05) is 50.2 Å². The molecule has 0 aliphatic rings. The normalized spacial score (nSPS) is 12.2. The lowest BCUT2D eigenvalue weighted by molar-refractivity contribution is -0.711. The molecule has 0 spiro atoms. The highest BCUT2D eigenvalue weighted by Crippen LogP contribution is 2.35. The van der Waals surface area contributed by atoms with Crippen molar-refractivity contribution in [1.82, 2.24) is 9.50 Å². The molecule has 0 N–H and O–H groups in total. The molecule has 3 heteroatoms. The van der Waals surface area contributed by atoms with E-state index in [0.29, 0.717) is 5.92 Å². The van der Waals surface area contributed by atoms with Gasteiger partial charge in [0.15, 0.2) is 7.05 Å². The van der Waals surface area contributed by atoms with Gasteiger partial charge in [0.1, 0.15) is 16.6 Å². The van der Waals surface area contributed by atoms with Crippen LogP contribution in [0.25, 0.3) is 38.2 Å². The molecule has 26 heavy (non-hydrogen) atoms. The molecule has 2 aromatic carbocycles. The molecule has 3 nitrogen and oxygen atoms in total. The maximum Gasteiger partial charge on any atom is 0.239 e. The third-order valence-electron chi connectivity index (χ3n) is 5.57. The topological polar surface area (TPSA) is 21.2 Å². The van der Waals surface area contributed by atoms with Crippen LogP contribution in [0.1, 0.15) is 30.9 Å². The first-order valence-corrected chi connectivity index (χ1v) is 9.19. The second-order valence-electron chi connectivity index (χ2n) is 7.45. The Morgan fingerprint density at radius 2 is 1.69 bits per heavy atom. The van der Waals surface area contributed by atoms with Crippen molar-refractivity contribution in [1.29, 1.82) is 0 Å². The van der Waals surface area contributed by atoms with Gasteiger partial charge in [0.25, 0.3) is 0 Å². The van der Waals surface area contributed by atoms with Gasteiger partial charge in [-0.2, -0.15) is 0 Å². The number of nitrogens with zero attached hydrogens (tertiary/aromatic N) is 3. The summed E-state index contributed by atoms with van der Waals surface area (Å²) >= 11 is 0. The highest BCUT2D eigenvalue weighted by atomic mass is 15.3. The van der Waals surface area contributed by atoms with Crippen molar-refractivity contribution >= 4 is 38.2 Å². The standard InChI is InChI=1S/C23H22N3/c1-14(2)16-9-6-12-19-20(16)23-21-17(11-7-13-24-21)18-10-5-8-15(3)22(18)26(23)25(19)4/h5-14H,1-4H3/q+1. The van der Waals surface area contributed by atoms with Crippen molar-refractivity contribution in [2.24, 2.45) is 7.05 Å². The first-order chi connectivity index (χ1) is 12.6. The molecule has 3 heterocycles. The van der Waals surface area contributed by atoms with E-state index >= 15 is 0 Å². The molecule has 0 saturated carbocycles. The number of aryl methyl sites for hydroxylation is 2. The number of benzene rings is 2. The fourth-order valence-electron chi connectivity index (χ4n) is 4.38. The SMILES string of the molecule is Cc1cccc2c3cccnc3c3c4c(C(C)C)cccc4[n+](C)n3c12. The molecule has 0 aliphatic carbocycles. The van der Waals surface area contributed by atoms with Crippen LogP contribution >= 0.6 is 0 Å². The van der Waals surface area contributed by atoms with E-state index < -0.39 is 0 Å². The van der Waals surface area contributed by atoms with Gasteiger partial charge in [-0.05, 0) is 30.0 Å². The maximum absolute atomic E-state index is 4.82. The van der Waals surface area contributed by atoms with E-state index in [0.717, 1.165) is 5.52 Å². The van der Waals surface area contributed by atoms with Gasteiger partial charge in [0.05, 0.1) is 5.39 Å². The summed E-state index contributed by atoms with van der Waals surface area (Å²) in [5.41, 5.74) is 7.45. The van der Waals surface area contributed by atoms with Gasteiger partial charge < -0.3 is 0 Å². The Kier molecular flexibility index (Phi) is 3.11. The molecule has 0 unspecified atom stereocenters. The summed E-state index contributed by atoms with van der Waals surface area (Å²) in [6, 6.07) is 17.4. The van der Waals surface area contributed by atoms with E-state index in [1.165, 1.54) is 43.8 Å². The zero-order chi connectivity index (χ0) is 18.0. The third kappa shape index (κ3) is 1.83. The van der Waals surface area contributed by atoms with Gasteiger partial charge in [-0.3, -0.25) is 4.98 Å². The van der Waals surface area contributed by atoms with Gasteiger partial charge in [-0.25, -0.2) is 0 Å². The summed E-state index contributed by atoms with van der Waals surface area (Å²) in [6.45, 7) is 6.72. The Hall–Kier alpha value is -2.94. The number of aromatic nitrogens is 3. The number of fused-ring (bicyclic) bond motifs is 8. The Morgan fingerprint density at radius 1 is 0.923 bits per heavy atom. The summed E-state index contributed by atoms with van der Waals surface area (Å²) in [6.07, 6.45) is 1.90. The molecule has 0 amide bonds. The highest BCUT2D eigenvalue weighted by molar-refractivity contribution is 6.17. The van der Waals surface area contributed by atoms with Crippen molar-refractivity contribution in [2.45, 2.75) is 26.7 Å². The second kappa shape index (κ2) is 5.28. The minimum atomic E-state index is 0.455. The Bertz CT molecular complexity index is 1330. The average Bonchev–Trinajstić information content (AvgIpc) is 2.95. The molecule has 3 aromatic heterocycles. The summed E-state index contributed by atoms with van der Waals surface area (Å²) in [4.78, 5) is 4.82. The van der Waals surface area contributed by atoms with E-state index in [1.54, 1.807) is 0 Å². The lowest BCUT2D eigenvalue weighted by atomic mass is 9.97. The molecule has 0 fully saturated rings. The zero-order valence-corrected chi connectivity index (χ0v) is 15.6. The molecular formula is C23H22N3+. The van der Waals surface area contributed by atoms with Crippen LogP contribution in [-0.2, 0) is 7.05 Å². The molecule has 5 aromatic rings. The van der Waals surface area contributed by atoms with Crippen LogP contribution in [0.3, 0.4) is 0 Å². The first kappa shape index (κ1) is 15.3. The lowest BCUT2D eigenvalue weighted by Crippen LogP contribution is -2.35. The van der Waals surface area contributed by atoms with E-state index in [2.05, 4.69) is 79.5 Å². The van der Waals surface area contributed by atoms with Crippen LogP contribution in [0, 0.1) is 6.92 Å². The molecule has 0 aliphatic heterocycles. The number of hydrogen-bond acceptors (Lipinski definition) is 1. The molecule has 128 valence electrons. The molecular weight excluding hydrogens is 318 g/mol. The molecule has 0 saturated heterocycles. The van der Waals surface area contributed by atoms with Gasteiger partial charge in [-0.15, -0.1) is 9.20 Å². The van der Waals surface area contributed by atoms with Gasteiger partial charge >= 0.3 is 0 Å². The van der Waals surface area contributed by atoms with Crippen molar-refractivity contribution in [2.75, 3.05) is 0 Å². The minimum absolute atomic E-state index is 0.455. The molecule has 0 radical (unpaired) electrons. The molecule has 0 atom stereocenters. The number of para-hydroxylation sites is 1. The van der Waals surface area contributed by atoms with Gasteiger partial charge in [0, 0.05) is 23.0 Å². The number of pyridine rings is 2. The lowest BCUT2D eigenvalue weighted by Gasteiger charge is -2.09. The Labute approximate surface area is 152 Å². The minimum Gasteiger partial charge on any atom is -0.254 e. The van der Waals surface area contributed by atoms with Crippen LogP contribution in [0.2, 0.25) is 0 Å². The van der Waals surface area contributed by atoms with Gasteiger partial charge in [0.2, 0.25) is 5.52 Å². The fraction of sp³-hybridized carbons (Fsp3) is 0.217. The summed E-state index contributed by atoms with van der Waals surface area (Å²) < 4.78 is 4.64. The molecule has 5 rings (SSSR count). The van der Waals surface area contributed by atoms with Crippen molar-refractivity contribution in [3.05, 3.63) is 65.9 Å². The van der Waals surface area contributed by atoms with E-state index in [1.807, 2.05) is 12.3 Å². The Morgan fingerprint density at radius 3 is 2.50 bits per heavy atom. The predicted octanol–water partition coefficient (Wildman–Crippen LogP) is 5.05. The van der Waals surface area contributed by atoms with E-state index in [4.69, 9.17) is 4.98 Å². The van der Waals surface area contributed by atoms with E-state index in [-0.39, 0.29) is 0 Å². The van der Waals surface area contributed by atoms with Crippen LogP contribution < -0.4 is 4.68 Å². The quantitative estimate of drug-likeness (QED) is 0.309. The summed E-state index contributed by atoms with van der Waals surface area (Å²) in [5, 5.41) is 3.79. The van der Waals surface area contributed by atoms with Crippen molar-refractivity contribution in [3.63, 3.8) is 0 Å². The average molecular weight is 340 g/mol. The zero-order valence-electron chi connectivity index (χ0n) is 15.6. The maximum atomic E-state index is 4.82. The third-order valence-corrected chi connectivity index (χ3v) is 5.57. The second-order valence-corrected chi connectivity index (χ2v) is 7.45. The van der Waals surface area contributed by atoms with E-state index in [9.17, 15) is 0 Å². The monoisotopic (exact) mass is 340 g/mol. The first-order valence-electron chi connectivity index (χ1n) is 9.19. The number of rotatable bonds is 1. The van der Waals surface area contributed by atoms with Crippen LogP contribution in [-0.4, -0.2) is 9.50 Å². The van der Waals surface area contributed by atoms with Crippen LogP contribution in [0.15, 0.2) is 54.7 Å².